The second kappa shape index (κ2) is 6.94. The van der Waals surface area contributed by atoms with Crippen LogP contribution in [0.2, 0.25) is 0 Å². The van der Waals surface area contributed by atoms with E-state index in [0.29, 0.717) is 5.92 Å². The molecule has 0 saturated carbocycles. The number of amides is 1. The molecule has 0 unspecified atom stereocenters. The maximum Gasteiger partial charge on any atom is 0.227 e. The molecule has 0 spiro atoms. The number of carbonyl (C=O) groups is 1. The van der Waals surface area contributed by atoms with Gasteiger partial charge in [0, 0.05) is 36.6 Å². The van der Waals surface area contributed by atoms with Gasteiger partial charge in [-0.1, -0.05) is 20.8 Å². The molecule has 0 bridgehead atoms. The maximum atomic E-state index is 12.5. The lowest BCUT2D eigenvalue weighted by atomic mass is 9.89. The average Bonchev–Trinajstić information content (AvgIpc) is 3.00. The SMILES string of the molecule is Cc1cnc(-c2cncc(C[C@@H]3CCCN(C(=O)C(C)(C)C)C3)n2)[nH]1. The molecule has 3 rings (SSSR count). The number of imidazole rings is 1. The van der Waals surface area contributed by atoms with Crippen molar-refractivity contribution in [3.8, 4) is 11.5 Å². The van der Waals surface area contributed by atoms with E-state index >= 15 is 0 Å². The molecule has 2 aromatic heterocycles. The first kappa shape index (κ1) is 17.6. The lowest BCUT2D eigenvalue weighted by molar-refractivity contribution is -0.141. The largest absolute Gasteiger partial charge is 0.342 e. The standard InChI is InChI=1S/C19H27N5O/c1-13-9-21-17(22-13)16-11-20-10-15(23-16)8-14-6-5-7-24(12-14)18(25)19(2,3)4/h9-11,14H,5-8,12H2,1-4H3,(H,21,22)/t14-/m0/s1. The fourth-order valence-corrected chi connectivity index (χ4v) is 3.35. The number of carbonyl (C=O) groups excluding carboxylic acids is 1. The first-order valence-corrected chi connectivity index (χ1v) is 8.95. The maximum absolute atomic E-state index is 12.5. The van der Waals surface area contributed by atoms with Crippen LogP contribution >= 0.6 is 0 Å². The van der Waals surface area contributed by atoms with Gasteiger partial charge in [0.15, 0.2) is 5.82 Å². The number of hydrogen-bond acceptors (Lipinski definition) is 4. The van der Waals surface area contributed by atoms with Gasteiger partial charge in [0.1, 0.15) is 5.69 Å². The number of H-pyrrole nitrogens is 1. The summed E-state index contributed by atoms with van der Waals surface area (Å²) in [4.78, 5) is 31.1. The van der Waals surface area contributed by atoms with E-state index in [1.165, 1.54) is 0 Å². The highest BCUT2D eigenvalue weighted by molar-refractivity contribution is 5.81. The van der Waals surface area contributed by atoms with Crippen molar-refractivity contribution in [2.45, 2.75) is 47.0 Å². The van der Waals surface area contributed by atoms with Crippen molar-refractivity contribution in [2.75, 3.05) is 13.1 Å². The molecule has 2 aromatic rings. The van der Waals surface area contributed by atoms with Gasteiger partial charge >= 0.3 is 0 Å². The van der Waals surface area contributed by atoms with E-state index < -0.39 is 0 Å². The summed E-state index contributed by atoms with van der Waals surface area (Å²) in [6.07, 6.45) is 8.37. The first-order chi connectivity index (χ1) is 11.8. The molecule has 1 N–H and O–H groups in total. The minimum Gasteiger partial charge on any atom is -0.342 e. The van der Waals surface area contributed by atoms with Crippen molar-refractivity contribution in [2.24, 2.45) is 11.3 Å². The second-order valence-corrected chi connectivity index (χ2v) is 8.02. The van der Waals surface area contributed by atoms with Crippen molar-refractivity contribution in [3.63, 3.8) is 0 Å². The highest BCUT2D eigenvalue weighted by atomic mass is 16.2. The number of nitrogens with zero attached hydrogens (tertiary/aromatic N) is 4. The van der Waals surface area contributed by atoms with Crippen LogP contribution in [0.25, 0.3) is 11.5 Å². The van der Waals surface area contributed by atoms with Crippen molar-refractivity contribution < 1.29 is 4.79 Å². The van der Waals surface area contributed by atoms with E-state index in [1.54, 1.807) is 12.4 Å². The molecule has 1 amide bonds. The summed E-state index contributed by atoms with van der Waals surface area (Å²) in [6.45, 7) is 9.60. The third-order valence-corrected chi connectivity index (χ3v) is 4.58. The van der Waals surface area contributed by atoms with Gasteiger partial charge in [-0.25, -0.2) is 9.97 Å². The van der Waals surface area contributed by atoms with E-state index in [0.717, 1.165) is 55.3 Å². The highest BCUT2D eigenvalue weighted by Crippen LogP contribution is 2.25. The van der Waals surface area contributed by atoms with Crippen LogP contribution in [0.15, 0.2) is 18.6 Å². The van der Waals surface area contributed by atoms with Crippen LogP contribution in [0.3, 0.4) is 0 Å². The quantitative estimate of drug-likeness (QED) is 0.931. The molecule has 1 saturated heterocycles. The zero-order valence-corrected chi connectivity index (χ0v) is 15.5. The number of hydrogen-bond donors (Lipinski definition) is 1. The molecule has 3 heterocycles. The fraction of sp³-hybridized carbons (Fsp3) is 0.579. The van der Waals surface area contributed by atoms with E-state index in [2.05, 4.69) is 15.0 Å². The zero-order valence-electron chi connectivity index (χ0n) is 15.5. The Kier molecular flexibility index (Phi) is 4.88. The van der Waals surface area contributed by atoms with Crippen LogP contribution in [0.1, 0.15) is 45.0 Å². The molecule has 6 heteroatoms. The Hall–Kier alpha value is -2.24. The molecule has 1 fully saturated rings. The van der Waals surface area contributed by atoms with Gasteiger partial charge in [-0.15, -0.1) is 0 Å². The molecule has 0 radical (unpaired) electrons. The number of likely N-dealkylation sites (tertiary alicyclic amines) is 1. The summed E-state index contributed by atoms with van der Waals surface area (Å²) in [6, 6.07) is 0. The van der Waals surface area contributed by atoms with E-state index in [4.69, 9.17) is 4.98 Å². The summed E-state index contributed by atoms with van der Waals surface area (Å²) in [5.74, 6) is 1.42. The Bertz CT molecular complexity index is 746. The van der Waals surface area contributed by atoms with Crippen LogP contribution in [0.5, 0.6) is 0 Å². The summed E-state index contributed by atoms with van der Waals surface area (Å²) < 4.78 is 0. The molecular formula is C19H27N5O. The van der Waals surface area contributed by atoms with Gasteiger partial charge in [0.2, 0.25) is 5.91 Å². The van der Waals surface area contributed by atoms with E-state index in [-0.39, 0.29) is 11.3 Å². The molecule has 1 aliphatic rings. The Morgan fingerprint density at radius 2 is 2.12 bits per heavy atom. The molecule has 6 nitrogen and oxygen atoms in total. The predicted octanol–water partition coefficient (Wildman–Crippen LogP) is 3.00. The van der Waals surface area contributed by atoms with Crippen LogP contribution < -0.4 is 0 Å². The number of nitrogens with one attached hydrogen (secondary N) is 1. The summed E-state index contributed by atoms with van der Waals surface area (Å²) in [5.41, 5.74) is 2.41. The van der Waals surface area contributed by atoms with Crippen LogP contribution in [0.4, 0.5) is 0 Å². The van der Waals surface area contributed by atoms with Crippen molar-refractivity contribution in [1.82, 2.24) is 24.8 Å². The average molecular weight is 341 g/mol. The summed E-state index contributed by atoms with van der Waals surface area (Å²) in [5, 5.41) is 0. The molecule has 0 aliphatic carbocycles. The van der Waals surface area contributed by atoms with Gasteiger partial charge < -0.3 is 9.88 Å². The second-order valence-electron chi connectivity index (χ2n) is 8.02. The van der Waals surface area contributed by atoms with E-state index in [9.17, 15) is 4.79 Å². The molecule has 0 aromatic carbocycles. The van der Waals surface area contributed by atoms with Gasteiger partial charge in [0.25, 0.3) is 0 Å². The third-order valence-electron chi connectivity index (χ3n) is 4.58. The Labute approximate surface area is 149 Å². The molecule has 134 valence electrons. The highest BCUT2D eigenvalue weighted by Gasteiger charge is 2.31. The van der Waals surface area contributed by atoms with Crippen molar-refractivity contribution in [3.05, 3.63) is 30.0 Å². The predicted molar refractivity (Wildman–Crippen MR) is 96.8 cm³/mol. The number of aromatic nitrogens is 4. The Morgan fingerprint density at radius 3 is 2.80 bits per heavy atom. The first-order valence-electron chi connectivity index (χ1n) is 8.95. The Morgan fingerprint density at radius 1 is 1.32 bits per heavy atom. The van der Waals surface area contributed by atoms with Crippen LogP contribution in [-0.2, 0) is 11.2 Å². The normalized spacial score (nSPS) is 18.4. The number of piperidine rings is 1. The number of aryl methyl sites for hydroxylation is 1. The summed E-state index contributed by atoms with van der Waals surface area (Å²) >= 11 is 0. The van der Waals surface area contributed by atoms with Gasteiger partial charge in [-0.3, -0.25) is 9.78 Å². The Balaban J connectivity index is 1.69. The topological polar surface area (TPSA) is 74.8 Å². The fourth-order valence-electron chi connectivity index (χ4n) is 3.35. The van der Waals surface area contributed by atoms with Gasteiger partial charge in [-0.2, -0.15) is 0 Å². The molecular weight excluding hydrogens is 314 g/mol. The minimum absolute atomic E-state index is 0.239. The molecule has 25 heavy (non-hydrogen) atoms. The number of rotatable bonds is 3. The molecule has 1 atom stereocenters. The van der Waals surface area contributed by atoms with Crippen molar-refractivity contribution >= 4 is 5.91 Å². The van der Waals surface area contributed by atoms with Gasteiger partial charge in [0.05, 0.1) is 11.9 Å². The minimum atomic E-state index is -0.321. The van der Waals surface area contributed by atoms with Crippen LogP contribution in [0, 0.1) is 18.3 Å². The summed E-state index contributed by atoms with van der Waals surface area (Å²) in [7, 11) is 0. The third kappa shape index (κ3) is 4.24. The van der Waals surface area contributed by atoms with E-state index in [1.807, 2.05) is 38.8 Å². The monoisotopic (exact) mass is 341 g/mol. The number of aromatic amines is 1. The van der Waals surface area contributed by atoms with Crippen LogP contribution in [-0.4, -0.2) is 43.8 Å². The van der Waals surface area contributed by atoms with Gasteiger partial charge in [-0.05, 0) is 32.1 Å². The zero-order chi connectivity index (χ0) is 18.0. The lowest BCUT2D eigenvalue weighted by Gasteiger charge is -2.36. The molecule has 1 aliphatic heterocycles. The smallest absolute Gasteiger partial charge is 0.227 e. The lowest BCUT2D eigenvalue weighted by Crippen LogP contribution is -2.45. The van der Waals surface area contributed by atoms with Crippen molar-refractivity contribution in [1.29, 1.82) is 0 Å².